The Morgan fingerprint density at radius 1 is 1.08 bits per heavy atom. The van der Waals surface area contributed by atoms with E-state index in [2.05, 4.69) is 6.58 Å². The number of rotatable bonds is 6. The molecule has 0 atom stereocenters. The molecule has 0 heterocycles. The fraction of sp³-hybridized carbons (Fsp3) is 0.182. The first-order chi connectivity index (χ1) is 12.3. The molecule has 0 saturated carbocycles. The van der Waals surface area contributed by atoms with Crippen molar-refractivity contribution in [2.75, 3.05) is 0 Å². The van der Waals surface area contributed by atoms with Crippen LogP contribution in [0.25, 0.3) is 12.2 Å². The number of Topliss-reactive ketones (excluding diaryl/α,β-unsaturated/α-hetero) is 1. The molecule has 2 rings (SSSR count). The van der Waals surface area contributed by atoms with Gasteiger partial charge in [0.15, 0.2) is 5.60 Å². The van der Waals surface area contributed by atoms with Gasteiger partial charge in [-0.2, -0.15) is 0 Å². The number of carbonyl (C=O) groups excluding carboxylic acids is 2. The molecule has 0 aliphatic rings. The summed E-state index contributed by atoms with van der Waals surface area (Å²) < 4.78 is 5.37. The highest BCUT2D eigenvalue weighted by Crippen LogP contribution is 2.24. The monoisotopic (exact) mass is 368 g/mol. The molecular formula is C22H21ClO3. The molecule has 3 nitrogen and oxygen atoms in total. The largest absolute Gasteiger partial charge is 0.448 e. The van der Waals surface area contributed by atoms with E-state index in [4.69, 9.17) is 16.3 Å². The number of ketones is 1. The molecule has 0 saturated heterocycles. The Morgan fingerprint density at radius 3 is 2.38 bits per heavy atom. The second-order valence-corrected chi connectivity index (χ2v) is 6.75. The van der Waals surface area contributed by atoms with E-state index >= 15 is 0 Å². The first kappa shape index (κ1) is 19.7. The number of halogens is 1. The molecule has 0 unspecified atom stereocenters. The van der Waals surface area contributed by atoms with Gasteiger partial charge in [0.05, 0.1) is 5.02 Å². The van der Waals surface area contributed by atoms with Gasteiger partial charge in [0.1, 0.15) is 0 Å². The summed E-state index contributed by atoms with van der Waals surface area (Å²) in [5.74, 6) is -0.950. The minimum atomic E-state index is -1.33. The highest BCUT2D eigenvalue weighted by atomic mass is 35.5. The standard InChI is InChI=1S/C22H21ClO3/c1-5-16-9-8-10-17(15(16)2)13-14-20(24)26-22(3,4)21(25)18-11-6-7-12-19(18)23/h5-14H,1H2,2-4H3/b14-13+. The smallest absolute Gasteiger partial charge is 0.331 e. The number of carbonyl (C=O) groups is 2. The van der Waals surface area contributed by atoms with E-state index in [0.29, 0.717) is 10.6 Å². The van der Waals surface area contributed by atoms with Crippen LogP contribution in [0.3, 0.4) is 0 Å². The summed E-state index contributed by atoms with van der Waals surface area (Å²) >= 11 is 6.07. The maximum atomic E-state index is 12.6. The zero-order chi connectivity index (χ0) is 19.3. The number of ether oxygens (including phenoxy) is 1. The third-order valence-electron chi connectivity index (χ3n) is 4.06. The van der Waals surface area contributed by atoms with Gasteiger partial charge >= 0.3 is 5.97 Å². The van der Waals surface area contributed by atoms with E-state index in [-0.39, 0.29) is 5.78 Å². The molecular weight excluding hydrogens is 348 g/mol. The van der Waals surface area contributed by atoms with E-state index in [1.54, 1.807) is 50.3 Å². The maximum absolute atomic E-state index is 12.6. The Bertz CT molecular complexity index is 879. The number of benzene rings is 2. The fourth-order valence-corrected chi connectivity index (χ4v) is 2.75. The van der Waals surface area contributed by atoms with Gasteiger partial charge in [0.25, 0.3) is 0 Å². The Morgan fingerprint density at radius 2 is 1.73 bits per heavy atom. The van der Waals surface area contributed by atoms with Gasteiger partial charge < -0.3 is 4.74 Å². The fourth-order valence-electron chi connectivity index (χ4n) is 2.53. The topological polar surface area (TPSA) is 43.4 Å². The summed E-state index contributed by atoms with van der Waals surface area (Å²) in [6, 6.07) is 12.4. The summed E-state index contributed by atoms with van der Waals surface area (Å²) in [5.41, 5.74) is 1.89. The molecule has 2 aromatic carbocycles. The summed E-state index contributed by atoms with van der Waals surface area (Å²) in [6.07, 6.45) is 4.74. The van der Waals surface area contributed by atoms with Crippen LogP contribution in [-0.4, -0.2) is 17.4 Å². The molecule has 2 aromatic rings. The molecule has 0 radical (unpaired) electrons. The molecule has 134 valence electrons. The van der Waals surface area contributed by atoms with Crippen molar-refractivity contribution in [3.8, 4) is 0 Å². The number of hydrogen-bond acceptors (Lipinski definition) is 3. The third kappa shape index (κ3) is 4.50. The lowest BCUT2D eigenvalue weighted by atomic mass is 9.96. The Labute approximate surface area is 158 Å². The average Bonchev–Trinajstić information content (AvgIpc) is 2.60. The van der Waals surface area contributed by atoms with Crippen LogP contribution in [0, 0.1) is 6.92 Å². The van der Waals surface area contributed by atoms with Gasteiger partial charge in [0.2, 0.25) is 5.78 Å². The molecule has 0 amide bonds. The quantitative estimate of drug-likeness (QED) is 0.383. The minimum Gasteiger partial charge on any atom is -0.448 e. The highest BCUT2D eigenvalue weighted by molar-refractivity contribution is 6.34. The van der Waals surface area contributed by atoms with Crippen molar-refractivity contribution in [2.24, 2.45) is 0 Å². The lowest BCUT2D eigenvalue weighted by Gasteiger charge is -2.23. The lowest BCUT2D eigenvalue weighted by molar-refractivity contribution is -0.146. The summed E-state index contributed by atoms with van der Waals surface area (Å²) in [6.45, 7) is 8.82. The zero-order valence-electron chi connectivity index (χ0n) is 15.1. The van der Waals surface area contributed by atoms with Crippen LogP contribution in [-0.2, 0) is 9.53 Å². The molecule has 0 aliphatic carbocycles. The van der Waals surface area contributed by atoms with Crippen molar-refractivity contribution >= 4 is 35.5 Å². The second kappa shape index (κ2) is 8.15. The first-order valence-electron chi connectivity index (χ1n) is 8.18. The second-order valence-electron chi connectivity index (χ2n) is 6.34. The summed E-state index contributed by atoms with van der Waals surface area (Å²) in [5, 5.41) is 0.328. The van der Waals surface area contributed by atoms with E-state index in [9.17, 15) is 9.59 Å². The third-order valence-corrected chi connectivity index (χ3v) is 4.39. The Balaban J connectivity index is 2.15. The molecule has 0 fully saturated rings. The summed E-state index contributed by atoms with van der Waals surface area (Å²) in [7, 11) is 0. The van der Waals surface area contributed by atoms with Crippen molar-refractivity contribution in [1.29, 1.82) is 0 Å². The van der Waals surface area contributed by atoms with Gasteiger partial charge in [-0.3, -0.25) is 4.79 Å². The molecule has 26 heavy (non-hydrogen) atoms. The Kier molecular flexibility index (Phi) is 6.17. The van der Waals surface area contributed by atoms with Crippen molar-refractivity contribution in [3.05, 3.63) is 82.4 Å². The van der Waals surface area contributed by atoms with Crippen LogP contribution in [0.4, 0.5) is 0 Å². The number of hydrogen-bond donors (Lipinski definition) is 0. The van der Waals surface area contributed by atoms with Crippen molar-refractivity contribution in [3.63, 3.8) is 0 Å². The van der Waals surface area contributed by atoms with Crippen molar-refractivity contribution in [2.45, 2.75) is 26.4 Å². The van der Waals surface area contributed by atoms with Gasteiger partial charge in [0, 0.05) is 11.6 Å². The number of esters is 1. The van der Waals surface area contributed by atoms with E-state index < -0.39 is 11.6 Å². The van der Waals surface area contributed by atoms with E-state index in [1.165, 1.54) is 6.08 Å². The summed E-state index contributed by atoms with van der Waals surface area (Å²) in [4.78, 5) is 24.8. The predicted octanol–water partition coefficient (Wildman–Crippen LogP) is 5.51. The predicted molar refractivity (Wildman–Crippen MR) is 106 cm³/mol. The molecule has 4 heteroatoms. The average molecular weight is 369 g/mol. The zero-order valence-corrected chi connectivity index (χ0v) is 15.8. The van der Waals surface area contributed by atoms with Crippen LogP contribution >= 0.6 is 11.6 Å². The van der Waals surface area contributed by atoms with Crippen molar-refractivity contribution < 1.29 is 14.3 Å². The minimum absolute atomic E-state index is 0.325. The van der Waals surface area contributed by atoms with Crippen LogP contribution in [0.5, 0.6) is 0 Å². The molecule has 0 spiro atoms. The first-order valence-corrected chi connectivity index (χ1v) is 8.56. The molecule has 0 aromatic heterocycles. The molecule has 0 N–H and O–H groups in total. The van der Waals surface area contributed by atoms with Crippen LogP contribution in [0.1, 0.15) is 40.9 Å². The van der Waals surface area contributed by atoms with E-state index in [0.717, 1.165) is 16.7 Å². The molecule has 0 aliphatic heterocycles. The van der Waals surface area contributed by atoms with Crippen molar-refractivity contribution in [1.82, 2.24) is 0 Å². The highest BCUT2D eigenvalue weighted by Gasteiger charge is 2.33. The lowest BCUT2D eigenvalue weighted by Crippen LogP contribution is -2.37. The van der Waals surface area contributed by atoms with Gasteiger partial charge in [-0.15, -0.1) is 0 Å². The normalized spacial score (nSPS) is 11.4. The SMILES string of the molecule is C=Cc1cccc(/C=C/C(=O)OC(C)(C)C(=O)c2ccccc2Cl)c1C. The van der Waals surface area contributed by atoms with Gasteiger partial charge in [-0.05, 0) is 55.7 Å². The van der Waals surface area contributed by atoms with Gasteiger partial charge in [-0.25, -0.2) is 4.79 Å². The van der Waals surface area contributed by atoms with E-state index in [1.807, 2.05) is 25.1 Å². The molecule has 0 bridgehead atoms. The van der Waals surface area contributed by atoms with Crippen LogP contribution in [0.15, 0.2) is 55.1 Å². The van der Waals surface area contributed by atoms with Crippen LogP contribution < -0.4 is 0 Å². The van der Waals surface area contributed by atoms with Gasteiger partial charge in [-0.1, -0.05) is 54.6 Å². The van der Waals surface area contributed by atoms with Crippen LogP contribution in [0.2, 0.25) is 5.02 Å². The maximum Gasteiger partial charge on any atom is 0.331 e. The Hall–Kier alpha value is -2.65.